The Morgan fingerprint density at radius 1 is 1.09 bits per heavy atom. The van der Waals surface area contributed by atoms with E-state index in [1.54, 1.807) is 11.3 Å². The van der Waals surface area contributed by atoms with Crippen molar-refractivity contribution < 1.29 is 18.7 Å². The molecule has 2 aromatic rings. The number of carbonyl (C=O) groups excluding carboxylic acids is 2. The fourth-order valence-electron chi connectivity index (χ4n) is 1.61. The van der Waals surface area contributed by atoms with Crippen LogP contribution in [0.5, 0.6) is 5.75 Å². The van der Waals surface area contributed by atoms with E-state index in [1.165, 1.54) is 24.3 Å². The monoisotopic (exact) mass is 322 g/mol. The van der Waals surface area contributed by atoms with E-state index in [9.17, 15) is 14.0 Å². The summed E-state index contributed by atoms with van der Waals surface area (Å²) in [5, 5.41) is 1.95. The van der Waals surface area contributed by atoms with Crippen LogP contribution in [0.3, 0.4) is 0 Å². The molecule has 116 valence electrons. The number of hydrazine groups is 1. The Morgan fingerprint density at radius 2 is 1.82 bits per heavy atom. The summed E-state index contributed by atoms with van der Waals surface area (Å²) in [7, 11) is 0. The molecule has 0 aliphatic heterocycles. The van der Waals surface area contributed by atoms with Crippen molar-refractivity contribution in [2.75, 3.05) is 6.61 Å². The molecule has 2 N–H and O–H groups in total. The minimum atomic E-state index is -0.492. The zero-order valence-corrected chi connectivity index (χ0v) is 12.5. The molecule has 0 aliphatic rings. The second kappa shape index (κ2) is 8.14. The van der Waals surface area contributed by atoms with Gasteiger partial charge in [-0.1, -0.05) is 6.07 Å². The number of rotatable bonds is 6. The smallest absolute Gasteiger partial charge is 0.276 e. The number of thiophene rings is 1. The highest BCUT2D eigenvalue weighted by atomic mass is 32.1. The van der Waals surface area contributed by atoms with Crippen LogP contribution < -0.4 is 15.6 Å². The van der Waals surface area contributed by atoms with Crippen LogP contribution in [0, 0.1) is 5.82 Å². The summed E-state index contributed by atoms with van der Waals surface area (Å²) >= 11 is 1.58. The number of nitrogens with one attached hydrogen (secondary N) is 2. The van der Waals surface area contributed by atoms with Crippen LogP contribution in [0.2, 0.25) is 0 Å². The van der Waals surface area contributed by atoms with Gasteiger partial charge >= 0.3 is 0 Å². The molecular weight excluding hydrogens is 307 g/mol. The van der Waals surface area contributed by atoms with Gasteiger partial charge in [0.2, 0.25) is 5.91 Å². The van der Waals surface area contributed by atoms with Gasteiger partial charge in [0.1, 0.15) is 11.6 Å². The molecule has 0 radical (unpaired) electrons. The number of aryl methyl sites for hydroxylation is 1. The summed E-state index contributed by atoms with van der Waals surface area (Å²) in [5.41, 5.74) is 4.58. The lowest BCUT2D eigenvalue weighted by Crippen LogP contribution is -2.43. The fourth-order valence-corrected chi connectivity index (χ4v) is 2.32. The lowest BCUT2D eigenvalue weighted by atomic mass is 10.2. The summed E-state index contributed by atoms with van der Waals surface area (Å²) in [6, 6.07) is 9.18. The SMILES string of the molecule is O=C(CCc1cccs1)NNC(=O)COc1ccc(F)cc1. The van der Waals surface area contributed by atoms with E-state index in [0.717, 1.165) is 4.88 Å². The number of ether oxygens (including phenoxy) is 1. The van der Waals surface area contributed by atoms with Crippen LogP contribution in [0.25, 0.3) is 0 Å². The Hall–Kier alpha value is -2.41. The second-order valence-electron chi connectivity index (χ2n) is 4.42. The number of amides is 2. The Morgan fingerprint density at radius 3 is 2.50 bits per heavy atom. The lowest BCUT2D eigenvalue weighted by Gasteiger charge is -2.08. The molecule has 0 fully saturated rings. The minimum Gasteiger partial charge on any atom is -0.484 e. The normalized spacial score (nSPS) is 10.0. The van der Waals surface area contributed by atoms with Gasteiger partial charge in [0.15, 0.2) is 6.61 Å². The van der Waals surface area contributed by atoms with Crippen LogP contribution in [0.4, 0.5) is 4.39 Å². The summed E-state index contributed by atoms with van der Waals surface area (Å²) < 4.78 is 17.8. The average Bonchev–Trinajstić information content (AvgIpc) is 3.04. The van der Waals surface area contributed by atoms with Crippen molar-refractivity contribution in [3.8, 4) is 5.75 Å². The van der Waals surface area contributed by atoms with Crippen molar-refractivity contribution >= 4 is 23.2 Å². The van der Waals surface area contributed by atoms with Gasteiger partial charge in [0.05, 0.1) is 0 Å². The van der Waals surface area contributed by atoms with Gasteiger partial charge in [-0.15, -0.1) is 11.3 Å². The molecule has 0 bridgehead atoms. The first-order valence-electron chi connectivity index (χ1n) is 6.62. The van der Waals surface area contributed by atoms with E-state index in [2.05, 4.69) is 10.9 Å². The van der Waals surface area contributed by atoms with Crippen LogP contribution in [0.15, 0.2) is 41.8 Å². The molecule has 0 atom stereocenters. The highest BCUT2D eigenvalue weighted by molar-refractivity contribution is 7.09. The highest BCUT2D eigenvalue weighted by Crippen LogP contribution is 2.11. The number of halogens is 1. The van der Waals surface area contributed by atoms with Gasteiger partial charge in [-0.25, -0.2) is 4.39 Å². The van der Waals surface area contributed by atoms with Gasteiger partial charge in [-0.2, -0.15) is 0 Å². The van der Waals surface area contributed by atoms with Crippen molar-refractivity contribution in [2.45, 2.75) is 12.8 Å². The molecule has 0 saturated heterocycles. The van der Waals surface area contributed by atoms with Gasteiger partial charge in [0, 0.05) is 11.3 Å². The third-order valence-electron chi connectivity index (χ3n) is 2.70. The maximum Gasteiger partial charge on any atom is 0.276 e. The molecule has 0 unspecified atom stereocenters. The molecule has 2 amide bonds. The Balaban J connectivity index is 1.62. The van der Waals surface area contributed by atoms with E-state index < -0.39 is 5.91 Å². The molecule has 22 heavy (non-hydrogen) atoms. The van der Waals surface area contributed by atoms with E-state index >= 15 is 0 Å². The number of benzene rings is 1. The van der Waals surface area contributed by atoms with Crippen LogP contribution >= 0.6 is 11.3 Å². The van der Waals surface area contributed by atoms with Crippen molar-refractivity contribution in [1.82, 2.24) is 10.9 Å². The van der Waals surface area contributed by atoms with Crippen molar-refractivity contribution in [1.29, 1.82) is 0 Å². The molecule has 0 spiro atoms. The molecule has 0 saturated carbocycles. The molecule has 2 rings (SSSR count). The largest absolute Gasteiger partial charge is 0.484 e. The van der Waals surface area contributed by atoms with Crippen molar-refractivity contribution in [3.05, 3.63) is 52.5 Å². The Labute approximate surface area is 131 Å². The minimum absolute atomic E-state index is 0.267. The third-order valence-corrected chi connectivity index (χ3v) is 3.64. The van der Waals surface area contributed by atoms with Crippen LogP contribution in [-0.2, 0) is 16.0 Å². The Kier molecular flexibility index (Phi) is 5.91. The number of carbonyl (C=O) groups is 2. The standard InChI is InChI=1S/C15H15FN2O3S/c16-11-3-5-12(6-4-11)21-10-15(20)18-17-14(19)8-7-13-2-1-9-22-13/h1-6,9H,7-8,10H2,(H,17,19)(H,18,20). The summed E-state index contributed by atoms with van der Waals surface area (Å²) in [6.07, 6.45) is 0.922. The highest BCUT2D eigenvalue weighted by Gasteiger charge is 2.06. The topological polar surface area (TPSA) is 67.4 Å². The maximum absolute atomic E-state index is 12.7. The van der Waals surface area contributed by atoms with Crippen LogP contribution in [0.1, 0.15) is 11.3 Å². The summed E-state index contributed by atoms with van der Waals surface area (Å²) in [4.78, 5) is 24.2. The van der Waals surface area contributed by atoms with Gasteiger partial charge < -0.3 is 4.74 Å². The van der Waals surface area contributed by atoms with Gasteiger partial charge in [-0.05, 0) is 42.1 Å². The van der Waals surface area contributed by atoms with E-state index in [1.807, 2.05) is 17.5 Å². The lowest BCUT2D eigenvalue weighted by molar-refractivity contribution is -0.130. The predicted molar refractivity (Wildman–Crippen MR) is 80.8 cm³/mol. The molecule has 5 nitrogen and oxygen atoms in total. The van der Waals surface area contributed by atoms with Gasteiger partial charge in [0.25, 0.3) is 5.91 Å². The fraction of sp³-hybridized carbons (Fsp3) is 0.200. The van der Waals surface area contributed by atoms with Crippen molar-refractivity contribution in [3.63, 3.8) is 0 Å². The zero-order chi connectivity index (χ0) is 15.8. The van der Waals surface area contributed by atoms with E-state index in [-0.39, 0.29) is 18.3 Å². The first-order chi connectivity index (χ1) is 10.6. The molecule has 7 heteroatoms. The second-order valence-corrected chi connectivity index (χ2v) is 5.45. The van der Waals surface area contributed by atoms with Crippen LogP contribution in [-0.4, -0.2) is 18.4 Å². The maximum atomic E-state index is 12.7. The first-order valence-corrected chi connectivity index (χ1v) is 7.50. The van der Waals surface area contributed by atoms with E-state index in [0.29, 0.717) is 18.6 Å². The molecule has 1 aromatic carbocycles. The third kappa shape index (κ3) is 5.53. The molecule has 1 aromatic heterocycles. The van der Waals surface area contributed by atoms with E-state index in [4.69, 9.17) is 4.74 Å². The quantitative estimate of drug-likeness (QED) is 0.800. The zero-order valence-electron chi connectivity index (χ0n) is 11.7. The van der Waals surface area contributed by atoms with Crippen molar-refractivity contribution in [2.24, 2.45) is 0 Å². The average molecular weight is 322 g/mol. The van der Waals surface area contributed by atoms with Gasteiger partial charge in [-0.3, -0.25) is 20.4 Å². The Bertz CT molecular complexity index is 614. The number of hydrogen-bond acceptors (Lipinski definition) is 4. The molecular formula is C15H15FN2O3S. The molecule has 1 heterocycles. The summed E-state index contributed by atoms with van der Waals surface area (Å²) in [6.45, 7) is -0.267. The first kappa shape index (κ1) is 16.0. The predicted octanol–water partition coefficient (Wildman–Crippen LogP) is 2.05. The molecule has 0 aliphatic carbocycles. The number of hydrogen-bond donors (Lipinski definition) is 2. The summed E-state index contributed by atoms with van der Waals surface area (Å²) in [5.74, 6) is -0.771.